The third kappa shape index (κ3) is 4.71. The van der Waals surface area contributed by atoms with Gasteiger partial charge in [0.2, 0.25) is 5.91 Å². The fourth-order valence-electron chi connectivity index (χ4n) is 6.19. The maximum Gasteiger partial charge on any atom is 0.253 e. The lowest BCUT2D eigenvalue weighted by molar-refractivity contribution is -0.117. The number of rotatable bonds is 7. The fourth-order valence-corrected chi connectivity index (χ4v) is 6.19. The van der Waals surface area contributed by atoms with Crippen molar-refractivity contribution >= 4 is 28.4 Å². The molecule has 1 saturated heterocycles. The summed E-state index contributed by atoms with van der Waals surface area (Å²) in [5.41, 5.74) is 4.97. The lowest BCUT2D eigenvalue weighted by Crippen LogP contribution is -2.35. The molecule has 0 unspecified atom stereocenters. The smallest absolute Gasteiger partial charge is 0.253 e. The first kappa shape index (κ1) is 24.7. The predicted molar refractivity (Wildman–Crippen MR) is 150 cm³/mol. The van der Waals surface area contributed by atoms with Crippen molar-refractivity contribution in [1.82, 2.24) is 9.47 Å². The Morgan fingerprint density at radius 2 is 1.74 bits per heavy atom. The van der Waals surface area contributed by atoms with E-state index in [4.69, 9.17) is 0 Å². The molecule has 3 fully saturated rings. The first-order valence-corrected chi connectivity index (χ1v) is 14.3. The molecule has 0 bridgehead atoms. The molecule has 2 aliphatic carbocycles. The van der Waals surface area contributed by atoms with Gasteiger partial charge in [-0.25, -0.2) is 0 Å². The van der Waals surface area contributed by atoms with E-state index in [0.29, 0.717) is 35.4 Å². The zero-order valence-corrected chi connectivity index (χ0v) is 22.2. The summed E-state index contributed by atoms with van der Waals surface area (Å²) in [7, 11) is 0. The van der Waals surface area contributed by atoms with Gasteiger partial charge in [0.1, 0.15) is 6.07 Å². The molecule has 6 rings (SSSR count). The number of carbonyl (C=O) groups is 2. The minimum absolute atomic E-state index is 0.0596. The Morgan fingerprint density at radius 1 is 1.00 bits per heavy atom. The second-order valence-electron chi connectivity index (χ2n) is 11.5. The van der Waals surface area contributed by atoms with E-state index in [1.807, 2.05) is 47.4 Å². The van der Waals surface area contributed by atoms with Crippen molar-refractivity contribution in [3.63, 3.8) is 0 Å². The molecular formula is C32H36N4O2. The van der Waals surface area contributed by atoms with Crippen molar-refractivity contribution < 1.29 is 9.59 Å². The molecule has 38 heavy (non-hydrogen) atoms. The van der Waals surface area contributed by atoms with E-state index in [1.54, 1.807) is 0 Å². The third-order valence-corrected chi connectivity index (χ3v) is 8.82. The van der Waals surface area contributed by atoms with E-state index >= 15 is 0 Å². The van der Waals surface area contributed by atoms with Crippen LogP contribution < -0.4 is 5.32 Å². The molecule has 0 spiro atoms. The van der Waals surface area contributed by atoms with Gasteiger partial charge in [-0.05, 0) is 93.0 Å². The van der Waals surface area contributed by atoms with Crippen molar-refractivity contribution in [1.29, 1.82) is 5.26 Å². The molecule has 1 aliphatic heterocycles. The Hall–Kier alpha value is -3.59. The molecule has 2 saturated carbocycles. The SMILES string of the molecule is C[C@@H](CC(=O)Nc1ccc(-c2c(C#N)c3ccc(C(=O)N4CCCCC4)cc3n2C2CCC2)cc1)C1CC1. The summed E-state index contributed by atoms with van der Waals surface area (Å²) >= 11 is 0. The van der Waals surface area contributed by atoms with Gasteiger partial charge in [-0.15, -0.1) is 0 Å². The Kier molecular flexibility index (Phi) is 6.69. The van der Waals surface area contributed by atoms with Gasteiger partial charge in [-0.1, -0.05) is 25.1 Å². The van der Waals surface area contributed by atoms with E-state index in [1.165, 1.54) is 25.7 Å². The number of hydrogen-bond donors (Lipinski definition) is 1. The van der Waals surface area contributed by atoms with Crippen LogP contribution in [-0.4, -0.2) is 34.4 Å². The Labute approximate surface area is 224 Å². The molecule has 3 aromatic rings. The number of anilines is 1. The second kappa shape index (κ2) is 10.3. The van der Waals surface area contributed by atoms with E-state index in [2.05, 4.69) is 22.9 Å². The summed E-state index contributed by atoms with van der Waals surface area (Å²) in [4.78, 5) is 27.8. The number of nitrogens with one attached hydrogen (secondary N) is 1. The van der Waals surface area contributed by atoms with E-state index in [-0.39, 0.29) is 11.8 Å². The van der Waals surface area contributed by atoms with Gasteiger partial charge in [0.05, 0.1) is 16.8 Å². The van der Waals surface area contributed by atoms with Gasteiger partial charge in [0.15, 0.2) is 0 Å². The van der Waals surface area contributed by atoms with Gasteiger partial charge >= 0.3 is 0 Å². The number of amides is 2. The maximum atomic E-state index is 13.3. The van der Waals surface area contributed by atoms with Crippen LogP contribution in [0.15, 0.2) is 42.5 Å². The highest BCUT2D eigenvalue weighted by molar-refractivity contribution is 6.02. The average Bonchev–Trinajstić information content (AvgIpc) is 3.72. The molecule has 1 aromatic heterocycles. The number of aromatic nitrogens is 1. The minimum atomic E-state index is 0.0596. The number of benzene rings is 2. The van der Waals surface area contributed by atoms with Crippen LogP contribution in [0.1, 0.15) is 86.7 Å². The maximum absolute atomic E-state index is 13.3. The number of carbonyl (C=O) groups excluding carboxylic acids is 2. The predicted octanol–water partition coefficient (Wildman–Crippen LogP) is 6.91. The van der Waals surface area contributed by atoms with Crippen molar-refractivity contribution in [3.05, 3.63) is 53.6 Å². The number of nitrogens with zero attached hydrogens (tertiary/aromatic N) is 3. The van der Waals surface area contributed by atoms with Crippen molar-refractivity contribution in [2.75, 3.05) is 18.4 Å². The largest absolute Gasteiger partial charge is 0.339 e. The van der Waals surface area contributed by atoms with Crippen LogP contribution in [0.3, 0.4) is 0 Å². The summed E-state index contributed by atoms with van der Waals surface area (Å²) in [6, 6.07) is 16.5. The van der Waals surface area contributed by atoms with Crippen molar-refractivity contribution in [2.24, 2.45) is 11.8 Å². The van der Waals surface area contributed by atoms with Crippen LogP contribution in [-0.2, 0) is 4.79 Å². The summed E-state index contributed by atoms with van der Waals surface area (Å²) in [6.45, 7) is 3.80. The van der Waals surface area contributed by atoms with Crippen molar-refractivity contribution in [3.8, 4) is 17.3 Å². The summed E-state index contributed by atoms with van der Waals surface area (Å²) in [5.74, 6) is 1.28. The van der Waals surface area contributed by atoms with Gasteiger partial charge in [-0.2, -0.15) is 5.26 Å². The van der Waals surface area contributed by atoms with Gasteiger partial charge < -0.3 is 14.8 Å². The molecule has 196 valence electrons. The third-order valence-electron chi connectivity index (χ3n) is 8.82. The molecule has 3 aliphatic rings. The summed E-state index contributed by atoms with van der Waals surface area (Å²) < 4.78 is 2.30. The van der Waals surface area contributed by atoms with Crippen LogP contribution in [0.2, 0.25) is 0 Å². The van der Waals surface area contributed by atoms with E-state index in [0.717, 1.165) is 66.6 Å². The monoisotopic (exact) mass is 508 g/mol. The van der Waals surface area contributed by atoms with E-state index in [9.17, 15) is 14.9 Å². The molecule has 2 aromatic carbocycles. The zero-order chi connectivity index (χ0) is 26.2. The van der Waals surface area contributed by atoms with Gasteiger partial charge in [0, 0.05) is 42.2 Å². The highest BCUT2D eigenvalue weighted by Gasteiger charge is 2.30. The molecule has 6 heteroatoms. The van der Waals surface area contributed by atoms with Crippen LogP contribution >= 0.6 is 0 Å². The number of likely N-dealkylation sites (tertiary alicyclic amines) is 1. The van der Waals surface area contributed by atoms with Crippen LogP contribution in [0.5, 0.6) is 0 Å². The normalized spacial score (nSPS) is 18.6. The number of piperidine rings is 1. The molecule has 1 N–H and O–H groups in total. The molecular weight excluding hydrogens is 472 g/mol. The molecule has 2 amide bonds. The Morgan fingerprint density at radius 3 is 2.37 bits per heavy atom. The quantitative estimate of drug-likeness (QED) is 0.377. The first-order chi connectivity index (χ1) is 18.5. The standard InChI is InChI=1S/C32H36N4O2/c1-21(22-8-9-22)18-30(37)34-25-13-10-23(11-14-25)31-28(20-33)27-15-12-24(32(38)35-16-3-2-4-17-35)19-29(27)36(31)26-6-5-7-26/h10-15,19,21-22,26H,2-9,16-18H2,1H3,(H,34,37)/t21-/m0/s1. The lowest BCUT2D eigenvalue weighted by Gasteiger charge is -2.30. The topological polar surface area (TPSA) is 78.1 Å². The Balaban J connectivity index is 1.33. The number of nitriles is 1. The number of fused-ring (bicyclic) bond motifs is 1. The van der Waals surface area contributed by atoms with Gasteiger partial charge in [0.25, 0.3) is 5.91 Å². The van der Waals surface area contributed by atoms with E-state index < -0.39 is 0 Å². The lowest BCUT2D eigenvalue weighted by atomic mass is 9.92. The average molecular weight is 509 g/mol. The van der Waals surface area contributed by atoms with Crippen LogP contribution in [0.25, 0.3) is 22.2 Å². The molecule has 0 radical (unpaired) electrons. The summed E-state index contributed by atoms with van der Waals surface area (Å²) in [6.07, 6.45) is 9.65. The molecule has 1 atom stereocenters. The highest BCUT2D eigenvalue weighted by atomic mass is 16.2. The van der Waals surface area contributed by atoms with Crippen LogP contribution in [0, 0.1) is 23.2 Å². The Bertz CT molecular complexity index is 1400. The highest BCUT2D eigenvalue weighted by Crippen LogP contribution is 2.43. The molecule has 2 heterocycles. The minimum Gasteiger partial charge on any atom is -0.339 e. The van der Waals surface area contributed by atoms with Gasteiger partial charge in [-0.3, -0.25) is 9.59 Å². The van der Waals surface area contributed by atoms with Crippen molar-refractivity contribution in [2.45, 2.75) is 70.8 Å². The molecule has 6 nitrogen and oxygen atoms in total. The first-order valence-electron chi connectivity index (χ1n) is 14.3. The fraction of sp³-hybridized carbons (Fsp3) is 0.469. The second-order valence-corrected chi connectivity index (χ2v) is 11.5. The summed E-state index contributed by atoms with van der Waals surface area (Å²) in [5, 5.41) is 14.2. The van der Waals surface area contributed by atoms with Crippen LogP contribution in [0.4, 0.5) is 5.69 Å². The zero-order valence-electron chi connectivity index (χ0n) is 22.2. The number of hydrogen-bond acceptors (Lipinski definition) is 3.